The molecule has 0 aromatic heterocycles. The molecule has 22 heavy (non-hydrogen) atoms. The summed E-state index contributed by atoms with van der Waals surface area (Å²) in [6, 6.07) is 2.04. The topological polar surface area (TPSA) is 74.6 Å². The highest BCUT2D eigenvalue weighted by Gasteiger charge is 2.22. The van der Waals surface area contributed by atoms with Crippen molar-refractivity contribution in [2.75, 3.05) is 0 Å². The van der Waals surface area contributed by atoms with E-state index in [0.29, 0.717) is 12.8 Å². The fourth-order valence-corrected chi connectivity index (χ4v) is 4.84. The number of carbonyl (C=O) groups is 2. The first-order chi connectivity index (χ1) is 9.83. The van der Waals surface area contributed by atoms with Crippen LogP contribution in [0.5, 0.6) is 0 Å². The van der Waals surface area contributed by atoms with Crippen molar-refractivity contribution in [2.45, 2.75) is 77.1 Å². The summed E-state index contributed by atoms with van der Waals surface area (Å²) >= 11 is 0. The molecule has 0 spiro atoms. The van der Waals surface area contributed by atoms with Gasteiger partial charge in [0.1, 0.15) is 0 Å². The van der Waals surface area contributed by atoms with Crippen LogP contribution in [-0.4, -0.2) is 38.3 Å². The van der Waals surface area contributed by atoms with Gasteiger partial charge in [0, 0.05) is 27.3 Å². The van der Waals surface area contributed by atoms with E-state index in [1.165, 1.54) is 0 Å². The molecular formula is C16H32O4Si2. The van der Waals surface area contributed by atoms with Crippen molar-refractivity contribution in [3.05, 3.63) is 11.1 Å². The summed E-state index contributed by atoms with van der Waals surface area (Å²) in [6.45, 7) is 13.4. The van der Waals surface area contributed by atoms with Gasteiger partial charge >= 0.3 is 11.9 Å². The molecule has 128 valence electrons. The number of aliphatic carboxylic acids is 2. The van der Waals surface area contributed by atoms with Crippen LogP contribution in [0.25, 0.3) is 0 Å². The van der Waals surface area contributed by atoms with Crippen molar-refractivity contribution in [3.8, 4) is 0 Å². The second-order valence-corrected chi connectivity index (χ2v) is 19.6. The van der Waals surface area contributed by atoms with Gasteiger partial charge in [-0.2, -0.15) is 0 Å². The second kappa shape index (κ2) is 8.67. The molecule has 6 heteroatoms. The van der Waals surface area contributed by atoms with Gasteiger partial charge in [-0.15, -0.1) is 0 Å². The molecular weight excluding hydrogens is 312 g/mol. The zero-order chi connectivity index (χ0) is 17.6. The third-order valence-corrected chi connectivity index (χ3v) is 7.29. The standard InChI is InChI=1S/C16H32O4Si2/c1-21(2,3)11-7-9-13(15(17)18)14(16(19)20)10-8-12-22(4,5)6/h7-12H2,1-6H3,(H,17,18)(H,19,20)/b14-13+. The predicted octanol–water partition coefficient (Wildman–Crippen LogP) is 4.69. The highest BCUT2D eigenvalue weighted by atomic mass is 28.3. The molecule has 2 N–H and O–H groups in total. The van der Waals surface area contributed by atoms with Crippen molar-refractivity contribution in [1.29, 1.82) is 0 Å². The minimum atomic E-state index is -1.23. The second-order valence-electron chi connectivity index (χ2n) is 8.40. The molecule has 0 heterocycles. The van der Waals surface area contributed by atoms with Crippen molar-refractivity contribution in [1.82, 2.24) is 0 Å². The lowest BCUT2D eigenvalue weighted by Crippen LogP contribution is -2.20. The van der Waals surface area contributed by atoms with Gasteiger partial charge in [-0.3, -0.25) is 0 Å². The van der Waals surface area contributed by atoms with Gasteiger partial charge in [0.15, 0.2) is 0 Å². The van der Waals surface area contributed by atoms with Crippen LogP contribution in [0.4, 0.5) is 0 Å². The fourth-order valence-electron chi connectivity index (χ4n) is 2.36. The Labute approximate surface area is 136 Å². The number of rotatable bonds is 10. The van der Waals surface area contributed by atoms with Crippen molar-refractivity contribution < 1.29 is 19.8 Å². The first-order valence-corrected chi connectivity index (χ1v) is 15.4. The molecule has 4 nitrogen and oxygen atoms in total. The van der Waals surface area contributed by atoms with E-state index in [1.54, 1.807) is 0 Å². The molecule has 0 aliphatic rings. The summed E-state index contributed by atoms with van der Waals surface area (Å²) in [5, 5.41) is 18.8. The Kier molecular flexibility index (Phi) is 8.32. The number of carboxylic acids is 2. The Bertz CT molecular complexity index is 388. The van der Waals surface area contributed by atoms with Gasteiger partial charge in [-0.25, -0.2) is 9.59 Å². The van der Waals surface area contributed by atoms with Crippen molar-refractivity contribution in [2.24, 2.45) is 0 Å². The van der Waals surface area contributed by atoms with Crippen LogP contribution in [0.15, 0.2) is 11.1 Å². The largest absolute Gasteiger partial charge is 0.478 e. The van der Waals surface area contributed by atoms with Gasteiger partial charge in [0.25, 0.3) is 0 Å². The number of hydrogen-bond donors (Lipinski definition) is 2. The van der Waals surface area contributed by atoms with Crippen LogP contribution in [0.2, 0.25) is 51.4 Å². The lowest BCUT2D eigenvalue weighted by Gasteiger charge is -2.17. The van der Waals surface area contributed by atoms with Gasteiger partial charge < -0.3 is 10.2 Å². The minimum absolute atomic E-state index is 0.112. The van der Waals surface area contributed by atoms with Crippen LogP contribution in [0.3, 0.4) is 0 Å². The van der Waals surface area contributed by atoms with E-state index >= 15 is 0 Å². The molecule has 0 radical (unpaired) electrons. The van der Waals surface area contributed by atoms with E-state index in [9.17, 15) is 19.8 Å². The van der Waals surface area contributed by atoms with Crippen LogP contribution >= 0.6 is 0 Å². The van der Waals surface area contributed by atoms with Crippen molar-refractivity contribution in [3.63, 3.8) is 0 Å². The molecule has 0 fully saturated rings. The molecule has 0 rings (SSSR count). The average Bonchev–Trinajstić information content (AvgIpc) is 2.27. The van der Waals surface area contributed by atoms with E-state index in [-0.39, 0.29) is 11.1 Å². The number of carboxylic acid groups (broad SMARTS) is 2. The van der Waals surface area contributed by atoms with E-state index in [2.05, 4.69) is 39.3 Å². The molecule has 0 aromatic rings. The Morgan fingerprint density at radius 3 is 1.14 bits per heavy atom. The molecule has 0 atom stereocenters. The molecule has 0 unspecified atom stereocenters. The highest BCUT2D eigenvalue weighted by Crippen LogP contribution is 2.23. The third-order valence-electron chi connectivity index (χ3n) is 3.59. The summed E-state index contributed by atoms with van der Waals surface area (Å²) in [5.41, 5.74) is 0.225. The fraction of sp³-hybridized carbons (Fsp3) is 0.750. The summed E-state index contributed by atoms with van der Waals surface area (Å²) in [4.78, 5) is 22.9. The first kappa shape index (κ1) is 21.1. The average molecular weight is 345 g/mol. The monoisotopic (exact) mass is 344 g/mol. The Balaban J connectivity index is 4.98. The summed E-state index contributed by atoms with van der Waals surface area (Å²) < 4.78 is 0. The molecule has 0 saturated heterocycles. The quantitative estimate of drug-likeness (QED) is 0.445. The third kappa shape index (κ3) is 9.94. The maximum Gasteiger partial charge on any atom is 0.332 e. The Morgan fingerprint density at radius 1 is 0.682 bits per heavy atom. The summed E-state index contributed by atoms with van der Waals surface area (Å²) in [6.07, 6.45) is 2.27. The summed E-state index contributed by atoms with van der Waals surface area (Å²) in [7, 11) is -2.46. The van der Waals surface area contributed by atoms with Gasteiger partial charge in [-0.1, -0.05) is 64.2 Å². The highest BCUT2D eigenvalue weighted by molar-refractivity contribution is 6.76. The smallest absolute Gasteiger partial charge is 0.332 e. The molecule has 0 aromatic carbocycles. The Hall–Kier alpha value is -0.886. The van der Waals surface area contributed by atoms with Crippen LogP contribution < -0.4 is 0 Å². The maximum atomic E-state index is 11.5. The summed E-state index contributed by atoms with van der Waals surface area (Å²) in [5.74, 6) is -2.14. The van der Waals surface area contributed by atoms with E-state index < -0.39 is 28.1 Å². The lowest BCUT2D eigenvalue weighted by atomic mass is 10.00. The van der Waals surface area contributed by atoms with Gasteiger partial charge in [0.2, 0.25) is 0 Å². The predicted molar refractivity (Wildman–Crippen MR) is 97.1 cm³/mol. The van der Waals surface area contributed by atoms with E-state index in [0.717, 1.165) is 24.9 Å². The molecule has 0 saturated carbocycles. The van der Waals surface area contributed by atoms with Crippen LogP contribution in [0.1, 0.15) is 25.7 Å². The molecule has 0 amide bonds. The Morgan fingerprint density at radius 2 is 0.955 bits per heavy atom. The normalized spacial score (nSPS) is 13.7. The molecule has 0 bridgehead atoms. The maximum absolute atomic E-state index is 11.5. The van der Waals surface area contributed by atoms with E-state index in [1.807, 2.05) is 0 Å². The van der Waals surface area contributed by atoms with Crippen LogP contribution in [-0.2, 0) is 9.59 Å². The molecule has 0 aliphatic carbocycles. The SMILES string of the molecule is C[Si](C)(C)CCC/C(C(=O)O)=C(/CCC[Si](C)(C)C)C(=O)O. The number of hydrogen-bond acceptors (Lipinski definition) is 2. The zero-order valence-corrected chi connectivity index (χ0v) is 17.0. The van der Waals surface area contributed by atoms with Crippen molar-refractivity contribution >= 4 is 28.1 Å². The minimum Gasteiger partial charge on any atom is -0.478 e. The zero-order valence-electron chi connectivity index (χ0n) is 15.0. The first-order valence-electron chi connectivity index (χ1n) is 8.02. The van der Waals surface area contributed by atoms with Gasteiger partial charge in [-0.05, 0) is 12.8 Å². The van der Waals surface area contributed by atoms with E-state index in [4.69, 9.17) is 0 Å². The van der Waals surface area contributed by atoms with Gasteiger partial charge in [0.05, 0.1) is 0 Å². The van der Waals surface area contributed by atoms with Crippen LogP contribution in [0, 0.1) is 0 Å². The molecule has 0 aliphatic heterocycles. The lowest BCUT2D eigenvalue weighted by molar-refractivity contribution is -0.136.